The predicted octanol–water partition coefficient (Wildman–Crippen LogP) is 2.47. The molecule has 0 fully saturated rings. The van der Waals surface area contributed by atoms with E-state index in [9.17, 15) is 0 Å². The second-order valence-electron chi connectivity index (χ2n) is 4.01. The summed E-state index contributed by atoms with van der Waals surface area (Å²) in [6, 6.07) is 13.4. The van der Waals surface area contributed by atoms with Gasteiger partial charge in [-0.25, -0.2) is 0 Å². The van der Waals surface area contributed by atoms with Crippen molar-refractivity contribution < 1.29 is 4.74 Å². The Balaban J connectivity index is 2.09. The molecule has 2 rings (SSSR count). The van der Waals surface area contributed by atoms with Gasteiger partial charge >= 0.3 is 0 Å². The SMILES string of the molecule is COc1ccccc1CNc1ccc(N)c(N)c1. The van der Waals surface area contributed by atoms with E-state index in [4.69, 9.17) is 16.2 Å². The van der Waals surface area contributed by atoms with Crippen molar-refractivity contribution in [2.24, 2.45) is 0 Å². The molecule has 0 aliphatic rings. The first-order chi connectivity index (χ1) is 8.70. The molecule has 0 atom stereocenters. The molecule has 0 radical (unpaired) electrons. The van der Waals surface area contributed by atoms with Crippen LogP contribution in [0, 0.1) is 0 Å². The summed E-state index contributed by atoms with van der Waals surface area (Å²) in [5.74, 6) is 0.869. The van der Waals surface area contributed by atoms with Gasteiger partial charge in [0.2, 0.25) is 0 Å². The Kier molecular flexibility index (Phi) is 3.57. The number of para-hydroxylation sites is 1. The van der Waals surface area contributed by atoms with E-state index >= 15 is 0 Å². The molecular weight excluding hydrogens is 226 g/mol. The summed E-state index contributed by atoms with van der Waals surface area (Å²) >= 11 is 0. The molecule has 2 aromatic rings. The molecule has 0 aromatic heterocycles. The van der Waals surface area contributed by atoms with Crippen molar-refractivity contribution in [3.8, 4) is 5.75 Å². The number of nitrogens with one attached hydrogen (secondary N) is 1. The van der Waals surface area contributed by atoms with Gasteiger partial charge in [-0.05, 0) is 24.3 Å². The fraction of sp³-hybridized carbons (Fsp3) is 0.143. The lowest BCUT2D eigenvalue weighted by atomic mass is 10.2. The van der Waals surface area contributed by atoms with Gasteiger partial charge < -0.3 is 21.5 Å². The van der Waals surface area contributed by atoms with Gasteiger partial charge in [-0.1, -0.05) is 18.2 Å². The minimum absolute atomic E-state index is 0.583. The number of benzene rings is 2. The van der Waals surface area contributed by atoms with E-state index in [1.54, 1.807) is 13.2 Å². The van der Waals surface area contributed by atoms with Crippen LogP contribution >= 0.6 is 0 Å². The van der Waals surface area contributed by atoms with Crippen LogP contribution in [-0.4, -0.2) is 7.11 Å². The summed E-state index contributed by atoms with van der Waals surface area (Å²) in [6.07, 6.45) is 0. The Morgan fingerprint density at radius 2 is 1.83 bits per heavy atom. The third-order valence-electron chi connectivity index (χ3n) is 2.76. The average Bonchev–Trinajstić information content (AvgIpc) is 2.40. The molecule has 0 saturated heterocycles. The van der Waals surface area contributed by atoms with Gasteiger partial charge in [0.25, 0.3) is 0 Å². The standard InChI is InChI=1S/C14H17N3O/c1-18-14-5-3-2-4-10(14)9-17-11-6-7-12(15)13(16)8-11/h2-8,17H,9,15-16H2,1H3. The highest BCUT2D eigenvalue weighted by Crippen LogP contribution is 2.22. The summed E-state index contributed by atoms with van der Waals surface area (Å²) in [7, 11) is 1.67. The maximum Gasteiger partial charge on any atom is 0.123 e. The number of nitrogen functional groups attached to an aromatic ring is 2. The van der Waals surface area contributed by atoms with Gasteiger partial charge in [0.1, 0.15) is 5.75 Å². The van der Waals surface area contributed by atoms with E-state index in [2.05, 4.69) is 5.32 Å². The van der Waals surface area contributed by atoms with Gasteiger partial charge in [-0.2, -0.15) is 0 Å². The van der Waals surface area contributed by atoms with Crippen molar-refractivity contribution in [2.45, 2.75) is 6.54 Å². The lowest BCUT2D eigenvalue weighted by molar-refractivity contribution is 0.410. The van der Waals surface area contributed by atoms with Crippen LogP contribution in [0.3, 0.4) is 0 Å². The number of methoxy groups -OCH3 is 1. The molecule has 0 spiro atoms. The van der Waals surface area contributed by atoms with Gasteiger partial charge in [0.15, 0.2) is 0 Å². The molecule has 0 bridgehead atoms. The Morgan fingerprint density at radius 3 is 2.56 bits per heavy atom. The van der Waals surface area contributed by atoms with Crippen LogP contribution in [0.5, 0.6) is 5.75 Å². The largest absolute Gasteiger partial charge is 0.496 e. The highest BCUT2D eigenvalue weighted by Gasteiger charge is 2.02. The summed E-state index contributed by atoms with van der Waals surface area (Å²) in [6.45, 7) is 0.674. The summed E-state index contributed by atoms with van der Waals surface area (Å²) in [5.41, 5.74) is 14.6. The number of anilines is 3. The monoisotopic (exact) mass is 243 g/mol. The van der Waals surface area contributed by atoms with E-state index in [0.717, 1.165) is 17.0 Å². The first-order valence-corrected chi connectivity index (χ1v) is 5.71. The number of hydrogen-bond donors (Lipinski definition) is 3. The smallest absolute Gasteiger partial charge is 0.123 e. The van der Waals surface area contributed by atoms with E-state index in [1.807, 2.05) is 36.4 Å². The van der Waals surface area contributed by atoms with E-state index < -0.39 is 0 Å². The number of hydrogen-bond acceptors (Lipinski definition) is 4. The zero-order valence-electron chi connectivity index (χ0n) is 10.3. The average molecular weight is 243 g/mol. The van der Waals surface area contributed by atoms with Crippen molar-refractivity contribution in [3.63, 3.8) is 0 Å². The number of rotatable bonds is 4. The Morgan fingerprint density at radius 1 is 1.06 bits per heavy atom. The predicted molar refractivity (Wildman–Crippen MR) is 75.6 cm³/mol. The Hall–Kier alpha value is -2.36. The molecule has 0 heterocycles. The third-order valence-corrected chi connectivity index (χ3v) is 2.76. The molecule has 0 amide bonds. The van der Waals surface area contributed by atoms with Crippen LogP contribution in [0.25, 0.3) is 0 Å². The molecule has 0 saturated carbocycles. The minimum Gasteiger partial charge on any atom is -0.496 e. The van der Waals surface area contributed by atoms with Gasteiger partial charge in [-0.15, -0.1) is 0 Å². The summed E-state index contributed by atoms with van der Waals surface area (Å²) < 4.78 is 5.29. The van der Waals surface area contributed by atoms with E-state index in [0.29, 0.717) is 17.9 Å². The zero-order chi connectivity index (χ0) is 13.0. The highest BCUT2D eigenvalue weighted by molar-refractivity contribution is 5.69. The first kappa shape index (κ1) is 12.1. The maximum atomic E-state index is 5.76. The molecule has 4 nitrogen and oxygen atoms in total. The van der Waals surface area contributed by atoms with Crippen LogP contribution in [0.4, 0.5) is 17.1 Å². The molecule has 0 aliphatic heterocycles. The van der Waals surface area contributed by atoms with Crippen molar-refractivity contribution >= 4 is 17.1 Å². The van der Waals surface area contributed by atoms with Crippen molar-refractivity contribution in [1.82, 2.24) is 0 Å². The molecule has 0 aliphatic carbocycles. The topological polar surface area (TPSA) is 73.3 Å². The van der Waals surface area contributed by atoms with Crippen molar-refractivity contribution in [1.29, 1.82) is 0 Å². The van der Waals surface area contributed by atoms with Crippen LogP contribution in [0.2, 0.25) is 0 Å². The first-order valence-electron chi connectivity index (χ1n) is 5.71. The van der Waals surface area contributed by atoms with Gasteiger partial charge in [0, 0.05) is 17.8 Å². The minimum atomic E-state index is 0.583. The second kappa shape index (κ2) is 5.31. The van der Waals surface area contributed by atoms with E-state index in [1.165, 1.54) is 0 Å². The Labute approximate surface area is 107 Å². The molecule has 18 heavy (non-hydrogen) atoms. The van der Waals surface area contributed by atoms with Gasteiger partial charge in [-0.3, -0.25) is 0 Å². The third kappa shape index (κ3) is 2.66. The van der Waals surface area contributed by atoms with Crippen molar-refractivity contribution in [2.75, 3.05) is 23.9 Å². The quantitative estimate of drug-likeness (QED) is 0.721. The number of ether oxygens (including phenoxy) is 1. The van der Waals surface area contributed by atoms with Crippen LogP contribution in [0.15, 0.2) is 42.5 Å². The zero-order valence-corrected chi connectivity index (χ0v) is 10.3. The second-order valence-corrected chi connectivity index (χ2v) is 4.01. The van der Waals surface area contributed by atoms with E-state index in [-0.39, 0.29) is 0 Å². The molecule has 94 valence electrons. The molecule has 4 heteroatoms. The fourth-order valence-corrected chi connectivity index (χ4v) is 1.73. The van der Waals surface area contributed by atoms with Gasteiger partial charge in [0.05, 0.1) is 18.5 Å². The van der Waals surface area contributed by atoms with Crippen molar-refractivity contribution in [3.05, 3.63) is 48.0 Å². The summed E-state index contributed by atoms with van der Waals surface area (Å²) in [5, 5.41) is 3.29. The molecular formula is C14H17N3O. The molecule has 0 unspecified atom stereocenters. The van der Waals surface area contributed by atoms with Crippen LogP contribution < -0.4 is 21.5 Å². The number of nitrogens with two attached hydrogens (primary N) is 2. The lowest BCUT2D eigenvalue weighted by Gasteiger charge is -2.11. The molecule has 5 N–H and O–H groups in total. The Bertz CT molecular complexity index is 540. The fourth-order valence-electron chi connectivity index (χ4n) is 1.73. The summed E-state index contributed by atoms with van der Waals surface area (Å²) in [4.78, 5) is 0. The highest BCUT2D eigenvalue weighted by atomic mass is 16.5. The maximum absolute atomic E-state index is 5.76. The lowest BCUT2D eigenvalue weighted by Crippen LogP contribution is -2.03. The van der Waals surface area contributed by atoms with Crippen LogP contribution in [0.1, 0.15) is 5.56 Å². The normalized spacial score (nSPS) is 10.1. The molecule has 2 aromatic carbocycles. The van der Waals surface area contributed by atoms with Crippen LogP contribution in [-0.2, 0) is 6.54 Å².